The first-order chi connectivity index (χ1) is 11.6. The van der Waals surface area contributed by atoms with Crippen molar-refractivity contribution in [3.05, 3.63) is 29.8 Å². The lowest BCUT2D eigenvalue weighted by Gasteiger charge is -2.21. The summed E-state index contributed by atoms with van der Waals surface area (Å²) < 4.78 is 5.07. The summed E-state index contributed by atoms with van der Waals surface area (Å²) in [6.45, 7) is 0. The van der Waals surface area contributed by atoms with Gasteiger partial charge in [-0.2, -0.15) is 0 Å². The largest absolute Gasteiger partial charge is 0.497 e. The molecule has 1 aromatic rings. The molecule has 3 N–H and O–H groups in total. The van der Waals surface area contributed by atoms with Crippen molar-refractivity contribution in [3.8, 4) is 5.75 Å². The second-order valence-corrected chi connectivity index (χ2v) is 6.26. The molecule has 2 rings (SSSR count). The van der Waals surface area contributed by atoms with Gasteiger partial charge < -0.3 is 10.1 Å². The van der Waals surface area contributed by atoms with Crippen LogP contribution in [0.2, 0.25) is 0 Å². The number of hydrazine groups is 1. The standard InChI is InChI=1S/C17H23N3O3S/c1-23-14-9-7-12(8-10-14)11-15(21)18-17(24)20-19-16(22)13-5-3-2-4-6-13/h7-10,13H,2-6,11H2,1H3,(H,19,22)(H2,18,20,21,24). The summed E-state index contributed by atoms with van der Waals surface area (Å²) >= 11 is 5.03. The highest BCUT2D eigenvalue weighted by Gasteiger charge is 2.21. The summed E-state index contributed by atoms with van der Waals surface area (Å²) in [6, 6.07) is 7.23. The maximum Gasteiger partial charge on any atom is 0.241 e. The Balaban J connectivity index is 1.70. The molecule has 7 heteroatoms. The topological polar surface area (TPSA) is 79.5 Å². The van der Waals surface area contributed by atoms with Crippen LogP contribution in [0.15, 0.2) is 24.3 Å². The molecule has 0 bridgehead atoms. The van der Waals surface area contributed by atoms with Crippen LogP contribution in [0.25, 0.3) is 0 Å². The fraction of sp³-hybridized carbons (Fsp3) is 0.471. The van der Waals surface area contributed by atoms with Gasteiger partial charge in [-0.15, -0.1) is 0 Å². The number of hydrogen-bond acceptors (Lipinski definition) is 4. The van der Waals surface area contributed by atoms with E-state index < -0.39 is 0 Å². The lowest BCUT2D eigenvalue weighted by Crippen LogP contribution is -2.50. The quantitative estimate of drug-likeness (QED) is 0.571. The molecule has 1 aliphatic carbocycles. The zero-order valence-electron chi connectivity index (χ0n) is 13.8. The molecule has 1 aromatic carbocycles. The Morgan fingerprint density at radius 3 is 2.42 bits per heavy atom. The minimum atomic E-state index is -0.246. The normalized spacial score (nSPS) is 14.5. The third-order valence-electron chi connectivity index (χ3n) is 4.05. The van der Waals surface area contributed by atoms with Crippen LogP contribution in [-0.2, 0) is 16.0 Å². The van der Waals surface area contributed by atoms with Crippen molar-refractivity contribution in [3.63, 3.8) is 0 Å². The van der Waals surface area contributed by atoms with Gasteiger partial charge in [0.2, 0.25) is 11.8 Å². The van der Waals surface area contributed by atoms with E-state index in [1.165, 1.54) is 6.42 Å². The number of hydrogen-bond donors (Lipinski definition) is 3. The molecule has 1 fully saturated rings. The molecular formula is C17H23N3O3S. The molecule has 1 aliphatic rings. The van der Waals surface area contributed by atoms with E-state index in [1.54, 1.807) is 19.2 Å². The van der Waals surface area contributed by atoms with Gasteiger partial charge >= 0.3 is 0 Å². The van der Waals surface area contributed by atoms with Gasteiger partial charge in [-0.1, -0.05) is 31.4 Å². The van der Waals surface area contributed by atoms with Crippen LogP contribution in [0, 0.1) is 5.92 Å². The molecule has 2 amide bonds. The van der Waals surface area contributed by atoms with Crippen molar-refractivity contribution in [1.82, 2.24) is 16.2 Å². The number of benzene rings is 1. The van der Waals surface area contributed by atoms with Gasteiger partial charge in [0.1, 0.15) is 5.75 Å². The van der Waals surface area contributed by atoms with Crippen LogP contribution in [-0.4, -0.2) is 24.0 Å². The predicted octanol–water partition coefficient (Wildman–Crippen LogP) is 1.84. The van der Waals surface area contributed by atoms with Gasteiger partial charge in [0.05, 0.1) is 13.5 Å². The van der Waals surface area contributed by atoms with Crippen molar-refractivity contribution >= 4 is 29.1 Å². The van der Waals surface area contributed by atoms with E-state index in [0.29, 0.717) is 0 Å². The number of methoxy groups -OCH3 is 1. The van der Waals surface area contributed by atoms with Gasteiger partial charge in [0.25, 0.3) is 0 Å². The fourth-order valence-corrected chi connectivity index (χ4v) is 2.88. The Kier molecular flexibility index (Phi) is 6.99. The predicted molar refractivity (Wildman–Crippen MR) is 95.3 cm³/mol. The van der Waals surface area contributed by atoms with E-state index in [-0.39, 0.29) is 29.3 Å². The van der Waals surface area contributed by atoms with Crippen LogP contribution < -0.4 is 20.9 Å². The highest BCUT2D eigenvalue weighted by atomic mass is 32.1. The smallest absolute Gasteiger partial charge is 0.241 e. The molecule has 0 saturated heterocycles. The van der Waals surface area contributed by atoms with Crippen molar-refractivity contribution in [2.75, 3.05) is 7.11 Å². The molecular weight excluding hydrogens is 326 g/mol. The van der Waals surface area contributed by atoms with Gasteiger partial charge in [-0.3, -0.25) is 20.4 Å². The van der Waals surface area contributed by atoms with Crippen LogP contribution in [0.5, 0.6) is 5.75 Å². The Hall–Kier alpha value is -2.15. The molecule has 6 nitrogen and oxygen atoms in total. The molecule has 130 valence electrons. The van der Waals surface area contributed by atoms with Gasteiger partial charge in [0.15, 0.2) is 5.11 Å². The molecule has 0 aliphatic heterocycles. The molecule has 1 saturated carbocycles. The molecule has 0 unspecified atom stereocenters. The third kappa shape index (κ3) is 5.81. The number of thiocarbonyl (C=S) groups is 1. The van der Waals surface area contributed by atoms with E-state index in [1.807, 2.05) is 12.1 Å². The van der Waals surface area contributed by atoms with Gasteiger partial charge in [-0.25, -0.2) is 0 Å². The first kappa shape index (κ1) is 18.2. The van der Waals surface area contributed by atoms with Crippen LogP contribution in [0.3, 0.4) is 0 Å². The Morgan fingerprint density at radius 1 is 1.12 bits per heavy atom. The highest BCUT2D eigenvalue weighted by Crippen LogP contribution is 2.23. The average Bonchev–Trinajstić information content (AvgIpc) is 2.61. The first-order valence-corrected chi connectivity index (χ1v) is 8.52. The van der Waals surface area contributed by atoms with Gasteiger partial charge in [-0.05, 0) is 42.8 Å². The SMILES string of the molecule is COc1ccc(CC(=O)NC(=S)NNC(=O)C2CCCCC2)cc1. The molecule has 0 heterocycles. The maximum absolute atomic E-state index is 12.0. The second-order valence-electron chi connectivity index (χ2n) is 5.85. The Labute approximate surface area is 147 Å². The first-order valence-electron chi connectivity index (χ1n) is 8.11. The summed E-state index contributed by atoms with van der Waals surface area (Å²) in [5.41, 5.74) is 6.02. The second kappa shape index (κ2) is 9.22. The van der Waals surface area contributed by atoms with Crippen LogP contribution in [0.4, 0.5) is 0 Å². The van der Waals surface area contributed by atoms with E-state index in [9.17, 15) is 9.59 Å². The summed E-state index contributed by atoms with van der Waals surface area (Å²) in [4.78, 5) is 23.9. The molecule has 0 atom stereocenters. The number of amides is 2. The number of rotatable bonds is 4. The molecule has 24 heavy (non-hydrogen) atoms. The van der Waals surface area contributed by atoms with E-state index >= 15 is 0 Å². The average molecular weight is 349 g/mol. The number of ether oxygens (including phenoxy) is 1. The zero-order chi connectivity index (χ0) is 17.4. The highest BCUT2D eigenvalue weighted by molar-refractivity contribution is 7.80. The minimum Gasteiger partial charge on any atom is -0.497 e. The summed E-state index contributed by atoms with van der Waals surface area (Å²) in [5, 5.41) is 2.65. The maximum atomic E-state index is 12.0. The third-order valence-corrected chi connectivity index (χ3v) is 4.26. The van der Waals surface area contributed by atoms with Crippen molar-refractivity contribution in [1.29, 1.82) is 0 Å². The fourth-order valence-electron chi connectivity index (χ4n) is 2.72. The van der Waals surface area contributed by atoms with E-state index in [0.717, 1.165) is 37.0 Å². The van der Waals surface area contributed by atoms with E-state index in [2.05, 4.69) is 16.2 Å². The molecule has 0 radical (unpaired) electrons. The summed E-state index contributed by atoms with van der Waals surface area (Å²) in [6.07, 6.45) is 5.37. The number of carbonyl (C=O) groups excluding carboxylic acids is 2. The monoisotopic (exact) mass is 349 g/mol. The van der Waals surface area contributed by atoms with Crippen molar-refractivity contribution < 1.29 is 14.3 Å². The van der Waals surface area contributed by atoms with Crippen molar-refractivity contribution in [2.45, 2.75) is 38.5 Å². The Bertz CT molecular complexity index is 583. The summed E-state index contributed by atoms with van der Waals surface area (Å²) in [5.74, 6) is 0.455. The lowest BCUT2D eigenvalue weighted by atomic mass is 9.89. The number of nitrogens with one attached hydrogen (secondary N) is 3. The molecule has 0 spiro atoms. The molecule has 0 aromatic heterocycles. The lowest BCUT2D eigenvalue weighted by molar-refractivity contribution is -0.126. The van der Waals surface area contributed by atoms with Crippen LogP contribution in [0.1, 0.15) is 37.7 Å². The number of carbonyl (C=O) groups is 2. The van der Waals surface area contributed by atoms with Crippen LogP contribution >= 0.6 is 12.2 Å². The van der Waals surface area contributed by atoms with E-state index in [4.69, 9.17) is 17.0 Å². The zero-order valence-corrected chi connectivity index (χ0v) is 14.6. The summed E-state index contributed by atoms with van der Waals surface area (Å²) in [7, 11) is 1.59. The minimum absolute atomic E-state index is 0.0315. The van der Waals surface area contributed by atoms with Crippen molar-refractivity contribution in [2.24, 2.45) is 5.92 Å². The Morgan fingerprint density at radius 2 is 1.79 bits per heavy atom. The van der Waals surface area contributed by atoms with Gasteiger partial charge in [0, 0.05) is 5.92 Å².